The summed E-state index contributed by atoms with van der Waals surface area (Å²) >= 11 is 0. The van der Waals surface area contributed by atoms with Crippen LogP contribution < -0.4 is 9.80 Å². The van der Waals surface area contributed by atoms with E-state index < -0.39 is 0 Å². The Labute approximate surface area is 359 Å². The van der Waals surface area contributed by atoms with Gasteiger partial charge in [-0.1, -0.05) is 139 Å². The Kier molecular flexibility index (Phi) is 10.6. The van der Waals surface area contributed by atoms with E-state index in [1.165, 1.54) is 73.0 Å². The van der Waals surface area contributed by atoms with Gasteiger partial charge in [0.15, 0.2) is 0 Å². The van der Waals surface area contributed by atoms with Crippen molar-refractivity contribution in [3.63, 3.8) is 0 Å². The maximum absolute atomic E-state index is 2.75. The topological polar surface area (TPSA) is 6.48 Å². The first-order chi connectivity index (χ1) is 29.7. The van der Waals surface area contributed by atoms with Gasteiger partial charge in [0.25, 0.3) is 0 Å². The third-order valence-electron chi connectivity index (χ3n) is 15.5. The standard InChI is InChI=1S/C58H62N2/c1-3-12-41(13-4-1)43-22-24-44(25-23-43)46-28-35-51(36-29-46)59(50-33-26-45(27-34-50)42-14-5-2-6-15-42)52-37-30-47(31-38-52)49-17-11-18-53(40-49)60-56-21-10-9-20-55(56)58-54-19-8-7-16-48(54)32-39-57(58)60/h1,3-5,9,11-12,14-18,20,22,26-30,32-35,37,39-41,44,47,51-52,54,57-58H,2,6-8,10,13,19,21,23-25,31,36,38H2. The summed E-state index contributed by atoms with van der Waals surface area (Å²) in [5.41, 5.74) is 14.9. The fourth-order valence-corrected chi connectivity index (χ4v) is 12.4. The summed E-state index contributed by atoms with van der Waals surface area (Å²) in [5.74, 6) is 2.93. The molecule has 0 saturated heterocycles. The van der Waals surface area contributed by atoms with Crippen molar-refractivity contribution in [3.05, 3.63) is 197 Å². The van der Waals surface area contributed by atoms with Crippen LogP contribution in [0.15, 0.2) is 186 Å². The molecule has 0 amide bonds. The molecule has 8 unspecified atom stereocenters. The highest BCUT2D eigenvalue weighted by molar-refractivity contribution is 5.76. The molecule has 11 rings (SSSR count). The maximum atomic E-state index is 2.75. The van der Waals surface area contributed by atoms with Crippen molar-refractivity contribution in [3.8, 4) is 0 Å². The molecule has 1 heterocycles. The first kappa shape index (κ1) is 37.9. The van der Waals surface area contributed by atoms with E-state index in [2.05, 4.69) is 168 Å². The van der Waals surface area contributed by atoms with Crippen LogP contribution in [0.4, 0.5) is 11.4 Å². The van der Waals surface area contributed by atoms with Gasteiger partial charge in [0.2, 0.25) is 0 Å². The Balaban J connectivity index is 0.836. The van der Waals surface area contributed by atoms with Gasteiger partial charge >= 0.3 is 0 Å². The van der Waals surface area contributed by atoms with Crippen molar-refractivity contribution in [2.45, 2.75) is 114 Å². The Bertz CT molecular complexity index is 2340. The first-order valence-electron chi connectivity index (χ1n) is 23.8. The van der Waals surface area contributed by atoms with Gasteiger partial charge in [-0.15, -0.1) is 0 Å². The second-order valence-corrected chi connectivity index (χ2v) is 18.9. The molecule has 2 aromatic rings. The lowest BCUT2D eigenvalue weighted by molar-refractivity contribution is 0.369. The summed E-state index contributed by atoms with van der Waals surface area (Å²) in [7, 11) is 0. The summed E-state index contributed by atoms with van der Waals surface area (Å²) in [6.45, 7) is 0. The Morgan fingerprint density at radius 3 is 2.33 bits per heavy atom. The van der Waals surface area contributed by atoms with Gasteiger partial charge in [0.05, 0.1) is 12.1 Å². The third kappa shape index (κ3) is 7.29. The van der Waals surface area contributed by atoms with Crippen molar-refractivity contribution in [1.29, 1.82) is 0 Å². The molecule has 0 aromatic heterocycles. The molecule has 8 atom stereocenters. The second-order valence-electron chi connectivity index (χ2n) is 18.9. The minimum absolute atomic E-state index is 0.343. The molecule has 1 aliphatic heterocycles. The van der Waals surface area contributed by atoms with Gasteiger partial charge in [-0.3, -0.25) is 0 Å². The van der Waals surface area contributed by atoms with Gasteiger partial charge in [0.1, 0.15) is 0 Å². The smallest absolute Gasteiger partial charge is 0.0597 e. The van der Waals surface area contributed by atoms with Crippen LogP contribution in [-0.4, -0.2) is 18.1 Å². The molecule has 304 valence electrons. The SMILES string of the molecule is C1=CCC(C2=CCC(C3=CCC(N(c4ccc(C5=CCCC=C5)cc4)C4C=CC(c5cccc(N6C7=C(C=CCC7)C7C8CCCC=C8C=CC76)c5)CC4)C=C3)CC2)C=C1. The zero-order valence-electron chi connectivity index (χ0n) is 35.4. The molecule has 9 aliphatic rings. The highest BCUT2D eigenvalue weighted by Crippen LogP contribution is 2.52. The van der Waals surface area contributed by atoms with E-state index in [0.717, 1.165) is 44.9 Å². The van der Waals surface area contributed by atoms with Crippen molar-refractivity contribution in [2.24, 2.45) is 23.7 Å². The average Bonchev–Trinajstić information content (AvgIpc) is 3.68. The van der Waals surface area contributed by atoms with Crippen LogP contribution in [-0.2, 0) is 0 Å². The van der Waals surface area contributed by atoms with E-state index >= 15 is 0 Å². The highest BCUT2D eigenvalue weighted by atomic mass is 15.2. The fourth-order valence-electron chi connectivity index (χ4n) is 12.4. The van der Waals surface area contributed by atoms with E-state index in [1.807, 2.05) is 0 Å². The maximum Gasteiger partial charge on any atom is 0.0597 e. The number of anilines is 2. The van der Waals surface area contributed by atoms with Gasteiger partial charge in [0, 0.05) is 40.9 Å². The molecule has 2 aromatic carbocycles. The zero-order valence-corrected chi connectivity index (χ0v) is 35.4. The van der Waals surface area contributed by atoms with Crippen LogP contribution in [0.1, 0.15) is 107 Å². The molecule has 0 bridgehead atoms. The fraction of sp³-hybridized carbons (Fsp3) is 0.379. The highest BCUT2D eigenvalue weighted by Gasteiger charge is 2.46. The van der Waals surface area contributed by atoms with E-state index in [-0.39, 0.29) is 0 Å². The quantitative estimate of drug-likeness (QED) is 0.246. The molecule has 0 spiro atoms. The number of rotatable bonds is 8. The lowest BCUT2D eigenvalue weighted by atomic mass is 9.69. The van der Waals surface area contributed by atoms with E-state index in [9.17, 15) is 0 Å². The third-order valence-corrected chi connectivity index (χ3v) is 15.5. The number of hydrogen-bond donors (Lipinski definition) is 0. The first-order valence-corrected chi connectivity index (χ1v) is 23.8. The molecular formula is C58H62N2. The van der Waals surface area contributed by atoms with Crippen LogP contribution >= 0.6 is 0 Å². The summed E-state index contributed by atoms with van der Waals surface area (Å²) in [5, 5.41) is 0. The van der Waals surface area contributed by atoms with Gasteiger partial charge in [-0.25, -0.2) is 0 Å². The monoisotopic (exact) mass is 786 g/mol. The van der Waals surface area contributed by atoms with Crippen molar-refractivity contribution >= 4 is 16.9 Å². The molecule has 60 heavy (non-hydrogen) atoms. The molecule has 2 heteroatoms. The molecule has 2 nitrogen and oxygen atoms in total. The normalized spacial score (nSPS) is 31.6. The summed E-state index contributed by atoms with van der Waals surface area (Å²) in [4.78, 5) is 5.50. The Hall–Kier alpha value is -5.08. The van der Waals surface area contributed by atoms with Crippen molar-refractivity contribution < 1.29 is 0 Å². The van der Waals surface area contributed by atoms with Crippen LogP contribution in [0.2, 0.25) is 0 Å². The Morgan fingerprint density at radius 2 is 1.53 bits per heavy atom. The molecule has 8 aliphatic carbocycles. The van der Waals surface area contributed by atoms with E-state index in [0.29, 0.717) is 47.7 Å². The van der Waals surface area contributed by atoms with Crippen LogP contribution in [0.3, 0.4) is 0 Å². The Morgan fingerprint density at radius 1 is 0.600 bits per heavy atom. The molecule has 0 fully saturated rings. The average molecular weight is 787 g/mol. The number of benzene rings is 2. The summed E-state index contributed by atoms with van der Waals surface area (Å²) < 4.78 is 0. The second kappa shape index (κ2) is 16.8. The lowest BCUT2D eigenvalue weighted by Gasteiger charge is -2.41. The van der Waals surface area contributed by atoms with Gasteiger partial charge < -0.3 is 9.80 Å². The zero-order chi connectivity index (χ0) is 39.8. The molecule has 0 saturated carbocycles. The largest absolute Gasteiger partial charge is 0.358 e. The number of hydrogen-bond acceptors (Lipinski definition) is 2. The predicted octanol–water partition coefficient (Wildman–Crippen LogP) is 14.5. The minimum Gasteiger partial charge on any atom is -0.358 e. The summed E-state index contributed by atoms with van der Waals surface area (Å²) in [6.07, 6.45) is 60.7. The number of allylic oxidation sites excluding steroid dienone is 19. The van der Waals surface area contributed by atoms with E-state index in [1.54, 1.807) is 28.0 Å². The van der Waals surface area contributed by atoms with E-state index in [4.69, 9.17) is 0 Å². The van der Waals surface area contributed by atoms with Crippen molar-refractivity contribution in [1.82, 2.24) is 0 Å². The molecule has 0 N–H and O–H groups in total. The van der Waals surface area contributed by atoms with Gasteiger partial charge in [-0.05, 0) is 159 Å². The van der Waals surface area contributed by atoms with Gasteiger partial charge in [-0.2, -0.15) is 0 Å². The predicted molar refractivity (Wildman–Crippen MR) is 254 cm³/mol. The molecular weight excluding hydrogens is 725 g/mol. The number of fused-ring (bicyclic) bond motifs is 4. The van der Waals surface area contributed by atoms with Crippen LogP contribution in [0.5, 0.6) is 0 Å². The summed E-state index contributed by atoms with van der Waals surface area (Å²) in [6, 6.07) is 20.3. The van der Waals surface area contributed by atoms with Crippen LogP contribution in [0.25, 0.3) is 5.57 Å². The minimum atomic E-state index is 0.343. The molecule has 0 radical (unpaired) electrons. The van der Waals surface area contributed by atoms with Crippen LogP contribution in [0, 0.1) is 23.7 Å². The lowest BCUT2D eigenvalue weighted by Crippen LogP contribution is -2.43. The van der Waals surface area contributed by atoms with Crippen molar-refractivity contribution in [2.75, 3.05) is 9.80 Å². The number of nitrogens with zero attached hydrogens (tertiary/aromatic N) is 2.